The average molecular weight is 333 g/mol. The van der Waals surface area contributed by atoms with E-state index in [4.69, 9.17) is 9.47 Å². The van der Waals surface area contributed by atoms with E-state index in [9.17, 15) is 4.79 Å². The molecule has 0 amide bonds. The van der Waals surface area contributed by atoms with E-state index in [0.29, 0.717) is 38.1 Å². The molecule has 110 valence electrons. The molecule has 19 heavy (non-hydrogen) atoms. The van der Waals surface area contributed by atoms with Crippen molar-refractivity contribution in [1.82, 2.24) is 0 Å². The third-order valence-corrected chi connectivity index (χ3v) is 8.40. The first-order valence-corrected chi connectivity index (χ1v) is 9.36. The van der Waals surface area contributed by atoms with Gasteiger partial charge in [0.1, 0.15) is 0 Å². The van der Waals surface area contributed by atoms with Gasteiger partial charge in [-0.2, -0.15) is 0 Å². The predicted octanol–water partition coefficient (Wildman–Crippen LogP) is 2.93. The summed E-state index contributed by atoms with van der Waals surface area (Å²) in [6.07, 6.45) is 1.81. The van der Waals surface area contributed by atoms with Crippen molar-refractivity contribution in [3.8, 4) is 0 Å². The number of hydrogen-bond donors (Lipinski definition) is 0. The Balaban J connectivity index is 1.97. The predicted molar refractivity (Wildman–Crippen MR) is 76.4 cm³/mol. The SMILES string of the molecule is CCO[C@H](C[Se][C@@H]1CC2(C)C(=O)CC1C2(C)C)OC. The molecule has 0 heterocycles. The number of hydrogen-bond acceptors (Lipinski definition) is 3. The third-order valence-electron chi connectivity index (χ3n) is 5.49. The van der Waals surface area contributed by atoms with Crippen LogP contribution in [0.1, 0.15) is 40.5 Å². The van der Waals surface area contributed by atoms with E-state index in [0.717, 1.165) is 18.2 Å². The second-order valence-electron chi connectivity index (χ2n) is 6.48. The summed E-state index contributed by atoms with van der Waals surface area (Å²) in [5, 5.41) is 0.999. The van der Waals surface area contributed by atoms with E-state index < -0.39 is 0 Å². The van der Waals surface area contributed by atoms with Crippen molar-refractivity contribution in [1.29, 1.82) is 0 Å². The second-order valence-corrected chi connectivity index (χ2v) is 9.15. The molecule has 2 saturated carbocycles. The number of ether oxygens (including phenoxy) is 2. The van der Waals surface area contributed by atoms with Gasteiger partial charge in [0.2, 0.25) is 0 Å². The number of carbonyl (C=O) groups excluding carboxylic acids is 1. The van der Waals surface area contributed by atoms with E-state index in [2.05, 4.69) is 20.8 Å². The molecule has 2 aliphatic rings. The Bertz CT molecular complexity index is 355. The van der Waals surface area contributed by atoms with Gasteiger partial charge in [0.25, 0.3) is 0 Å². The molecule has 0 N–H and O–H groups in total. The van der Waals surface area contributed by atoms with E-state index in [-0.39, 0.29) is 17.1 Å². The Kier molecular flexibility index (Phi) is 4.47. The van der Waals surface area contributed by atoms with Gasteiger partial charge in [-0.05, 0) is 0 Å². The van der Waals surface area contributed by atoms with E-state index in [1.807, 2.05) is 6.92 Å². The Labute approximate surface area is 123 Å². The van der Waals surface area contributed by atoms with Gasteiger partial charge in [-0.1, -0.05) is 0 Å². The molecule has 0 aliphatic heterocycles. The molecule has 4 atom stereocenters. The van der Waals surface area contributed by atoms with E-state index in [1.54, 1.807) is 7.11 Å². The fraction of sp³-hybridized carbons (Fsp3) is 0.933. The molecule has 2 aliphatic carbocycles. The monoisotopic (exact) mass is 334 g/mol. The molecule has 2 bridgehead atoms. The number of rotatable bonds is 6. The Morgan fingerprint density at radius 3 is 2.53 bits per heavy atom. The van der Waals surface area contributed by atoms with Crippen LogP contribution in [0.25, 0.3) is 0 Å². The number of ketones is 1. The maximum absolute atomic E-state index is 12.2. The van der Waals surface area contributed by atoms with Crippen molar-refractivity contribution in [2.24, 2.45) is 16.7 Å². The number of methoxy groups -OCH3 is 1. The zero-order valence-corrected chi connectivity index (χ0v) is 14.4. The van der Waals surface area contributed by atoms with Crippen LogP contribution in [0, 0.1) is 16.7 Å². The van der Waals surface area contributed by atoms with Crippen molar-refractivity contribution >= 4 is 20.7 Å². The molecule has 3 nitrogen and oxygen atoms in total. The maximum atomic E-state index is 12.2. The Morgan fingerprint density at radius 1 is 1.42 bits per heavy atom. The van der Waals surface area contributed by atoms with Crippen molar-refractivity contribution in [2.45, 2.75) is 57.0 Å². The minimum atomic E-state index is -0.0851. The molecule has 2 rings (SSSR count). The Hall–Kier alpha value is 0.109. The molecule has 0 radical (unpaired) electrons. The van der Waals surface area contributed by atoms with Gasteiger partial charge in [0.05, 0.1) is 0 Å². The first-order valence-electron chi connectivity index (χ1n) is 7.16. The summed E-state index contributed by atoms with van der Waals surface area (Å²) >= 11 is 0.496. The Morgan fingerprint density at radius 2 is 2.11 bits per heavy atom. The zero-order chi connectivity index (χ0) is 14.3. The van der Waals surface area contributed by atoms with Gasteiger partial charge in [0.15, 0.2) is 0 Å². The van der Waals surface area contributed by atoms with Gasteiger partial charge in [-0.25, -0.2) is 0 Å². The zero-order valence-electron chi connectivity index (χ0n) is 12.7. The molecule has 0 aromatic carbocycles. The van der Waals surface area contributed by atoms with Crippen LogP contribution in [0.5, 0.6) is 0 Å². The average Bonchev–Trinajstić information content (AvgIpc) is 2.65. The number of Topliss-reactive ketones (excluding diaryl/α,β-unsaturated/α-hetero) is 1. The van der Waals surface area contributed by atoms with Gasteiger partial charge in [0, 0.05) is 0 Å². The van der Waals surface area contributed by atoms with Crippen LogP contribution in [-0.4, -0.2) is 40.7 Å². The number of fused-ring (bicyclic) bond motifs is 2. The summed E-state index contributed by atoms with van der Waals surface area (Å²) in [7, 11) is 1.71. The molecule has 0 aromatic heterocycles. The van der Waals surface area contributed by atoms with E-state index >= 15 is 0 Å². The van der Waals surface area contributed by atoms with Crippen LogP contribution in [0.2, 0.25) is 10.1 Å². The molecule has 0 aromatic rings. The second kappa shape index (κ2) is 5.48. The van der Waals surface area contributed by atoms with Crippen LogP contribution < -0.4 is 0 Å². The quantitative estimate of drug-likeness (QED) is 0.554. The van der Waals surface area contributed by atoms with Gasteiger partial charge in [-0.3, -0.25) is 0 Å². The van der Waals surface area contributed by atoms with Crippen molar-refractivity contribution < 1.29 is 14.3 Å². The molecule has 0 spiro atoms. The summed E-state index contributed by atoms with van der Waals surface area (Å²) in [5.41, 5.74) is 0.0863. The van der Waals surface area contributed by atoms with Crippen molar-refractivity contribution in [2.75, 3.05) is 13.7 Å². The molecule has 0 saturated heterocycles. The van der Waals surface area contributed by atoms with Crippen LogP contribution in [0.15, 0.2) is 0 Å². The molecule has 2 unspecified atom stereocenters. The summed E-state index contributed by atoms with van der Waals surface area (Å²) in [6, 6.07) is 0. The topological polar surface area (TPSA) is 35.5 Å². The normalized spacial score (nSPS) is 37.8. The summed E-state index contributed by atoms with van der Waals surface area (Å²) in [5.74, 6) is 1.06. The standard InChI is InChI=1S/C15H26O3Se/c1-6-18-13(17-5)9-19-11-8-15(4)12(16)7-10(11)14(15,2)3/h10-11,13H,6-9H2,1-5H3/t10?,11-,13-,15?/m1/s1. The molecule has 2 fully saturated rings. The summed E-state index contributed by atoms with van der Waals surface area (Å²) in [6.45, 7) is 9.45. The summed E-state index contributed by atoms with van der Waals surface area (Å²) in [4.78, 5) is 12.9. The number of carbonyl (C=O) groups is 1. The van der Waals surface area contributed by atoms with Gasteiger partial charge in [-0.15, -0.1) is 0 Å². The van der Waals surface area contributed by atoms with E-state index in [1.165, 1.54) is 0 Å². The minimum absolute atomic E-state index is 0.0595. The first kappa shape index (κ1) is 15.5. The third kappa shape index (κ3) is 2.42. The fourth-order valence-corrected chi connectivity index (χ4v) is 7.40. The van der Waals surface area contributed by atoms with Crippen LogP contribution in [0.3, 0.4) is 0 Å². The van der Waals surface area contributed by atoms with Crippen LogP contribution in [0.4, 0.5) is 0 Å². The van der Waals surface area contributed by atoms with Gasteiger partial charge < -0.3 is 0 Å². The fourth-order valence-electron chi connectivity index (χ4n) is 3.71. The van der Waals surface area contributed by atoms with Crippen LogP contribution >= 0.6 is 0 Å². The summed E-state index contributed by atoms with van der Waals surface area (Å²) < 4.78 is 10.9. The molecular formula is C15H26O3Se. The first-order chi connectivity index (χ1) is 8.86. The van der Waals surface area contributed by atoms with Crippen molar-refractivity contribution in [3.63, 3.8) is 0 Å². The van der Waals surface area contributed by atoms with Crippen LogP contribution in [-0.2, 0) is 14.3 Å². The van der Waals surface area contributed by atoms with Crippen molar-refractivity contribution in [3.05, 3.63) is 0 Å². The molecule has 4 heteroatoms. The molecular weight excluding hydrogens is 307 g/mol. The van der Waals surface area contributed by atoms with Gasteiger partial charge >= 0.3 is 122 Å².